The fourth-order valence-electron chi connectivity index (χ4n) is 2.53. The van der Waals surface area contributed by atoms with Crippen molar-refractivity contribution in [1.82, 2.24) is 9.97 Å². The molecule has 3 aromatic rings. The van der Waals surface area contributed by atoms with Crippen molar-refractivity contribution in [2.75, 3.05) is 5.32 Å². The van der Waals surface area contributed by atoms with Gasteiger partial charge in [0.15, 0.2) is 0 Å². The second-order valence-electron chi connectivity index (χ2n) is 5.14. The van der Waals surface area contributed by atoms with Crippen molar-refractivity contribution < 1.29 is 0 Å². The highest BCUT2D eigenvalue weighted by Crippen LogP contribution is 2.19. The number of aryl methyl sites for hydroxylation is 2. The number of anilines is 1. The predicted octanol–water partition coefficient (Wildman–Crippen LogP) is 4.11. The van der Waals surface area contributed by atoms with Gasteiger partial charge >= 0.3 is 0 Å². The average molecular weight is 277 g/mol. The first-order valence-electron chi connectivity index (χ1n) is 7.31. The van der Waals surface area contributed by atoms with Gasteiger partial charge in [-0.3, -0.25) is 0 Å². The summed E-state index contributed by atoms with van der Waals surface area (Å²) in [7, 11) is 0. The minimum Gasteiger partial charge on any atom is -0.366 e. The van der Waals surface area contributed by atoms with Crippen LogP contribution in [0.3, 0.4) is 0 Å². The van der Waals surface area contributed by atoms with Crippen LogP contribution in [0.15, 0.2) is 48.5 Å². The average Bonchev–Trinajstić information content (AvgIpc) is 2.52. The van der Waals surface area contributed by atoms with Gasteiger partial charge in [-0.1, -0.05) is 49.4 Å². The van der Waals surface area contributed by atoms with E-state index in [0.29, 0.717) is 0 Å². The standard InChI is InChI=1S/C18H19N3/c1-3-16-11-18(21-13(2)20-16)19-12-15-9-6-8-14-7-4-5-10-17(14)15/h4-11H,3,12H2,1-2H3,(H,19,20,21). The number of hydrogen-bond acceptors (Lipinski definition) is 3. The van der Waals surface area contributed by atoms with E-state index in [0.717, 1.165) is 30.3 Å². The monoisotopic (exact) mass is 277 g/mol. The quantitative estimate of drug-likeness (QED) is 0.779. The molecule has 0 radical (unpaired) electrons. The Bertz CT molecular complexity index is 760. The minimum absolute atomic E-state index is 0.765. The van der Waals surface area contributed by atoms with Crippen LogP contribution in [0, 0.1) is 6.92 Å². The number of fused-ring (bicyclic) bond motifs is 1. The molecular formula is C18H19N3. The van der Waals surface area contributed by atoms with E-state index < -0.39 is 0 Å². The van der Waals surface area contributed by atoms with Gasteiger partial charge in [0.2, 0.25) is 0 Å². The summed E-state index contributed by atoms with van der Waals surface area (Å²) in [5.74, 6) is 1.71. The van der Waals surface area contributed by atoms with E-state index in [1.54, 1.807) is 0 Å². The molecule has 0 amide bonds. The van der Waals surface area contributed by atoms with Crippen molar-refractivity contribution in [2.45, 2.75) is 26.8 Å². The number of nitrogens with one attached hydrogen (secondary N) is 1. The number of nitrogens with zero attached hydrogens (tertiary/aromatic N) is 2. The number of hydrogen-bond donors (Lipinski definition) is 1. The normalized spacial score (nSPS) is 10.8. The molecule has 1 aromatic heterocycles. The van der Waals surface area contributed by atoms with E-state index in [9.17, 15) is 0 Å². The zero-order valence-electron chi connectivity index (χ0n) is 12.4. The summed E-state index contributed by atoms with van der Waals surface area (Å²) in [6.45, 7) is 4.81. The summed E-state index contributed by atoms with van der Waals surface area (Å²) < 4.78 is 0. The summed E-state index contributed by atoms with van der Waals surface area (Å²) in [4.78, 5) is 8.86. The fraction of sp³-hybridized carbons (Fsp3) is 0.222. The maximum Gasteiger partial charge on any atom is 0.130 e. The van der Waals surface area contributed by atoms with Crippen molar-refractivity contribution in [2.24, 2.45) is 0 Å². The SMILES string of the molecule is CCc1cc(NCc2cccc3ccccc23)nc(C)n1. The molecule has 1 N–H and O–H groups in total. The van der Waals surface area contributed by atoms with Gasteiger partial charge in [-0.15, -0.1) is 0 Å². The molecule has 0 fully saturated rings. The molecule has 0 saturated heterocycles. The molecule has 3 rings (SSSR count). The summed E-state index contributed by atoms with van der Waals surface area (Å²) in [5, 5.41) is 5.97. The number of rotatable bonds is 4. The zero-order chi connectivity index (χ0) is 14.7. The van der Waals surface area contributed by atoms with Gasteiger partial charge in [0.1, 0.15) is 11.6 Å². The van der Waals surface area contributed by atoms with Crippen LogP contribution in [0.25, 0.3) is 10.8 Å². The first-order valence-corrected chi connectivity index (χ1v) is 7.31. The highest BCUT2D eigenvalue weighted by Gasteiger charge is 2.03. The molecule has 2 aromatic carbocycles. The van der Waals surface area contributed by atoms with Crippen molar-refractivity contribution in [3.05, 3.63) is 65.6 Å². The predicted molar refractivity (Wildman–Crippen MR) is 87.4 cm³/mol. The van der Waals surface area contributed by atoms with Crippen LogP contribution in [-0.4, -0.2) is 9.97 Å². The summed E-state index contributed by atoms with van der Waals surface area (Å²) in [6, 6.07) is 16.9. The van der Waals surface area contributed by atoms with Crippen molar-refractivity contribution in [3.63, 3.8) is 0 Å². The Balaban J connectivity index is 1.85. The molecule has 106 valence electrons. The maximum absolute atomic E-state index is 4.45. The maximum atomic E-state index is 4.45. The number of benzene rings is 2. The fourth-order valence-corrected chi connectivity index (χ4v) is 2.53. The van der Waals surface area contributed by atoms with Crippen LogP contribution in [-0.2, 0) is 13.0 Å². The summed E-state index contributed by atoms with van der Waals surface area (Å²) in [6.07, 6.45) is 0.923. The van der Waals surface area contributed by atoms with Gasteiger partial charge in [0, 0.05) is 18.3 Å². The van der Waals surface area contributed by atoms with Gasteiger partial charge < -0.3 is 5.32 Å². The molecule has 0 aliphatic carbocycles. The van der Waals surface area contributed by atoms with Crippen molar-refractivity contribution >= 4 is 16.6 Å². The molecule has 21 heavy (non-hydrogen) atoms. The van der Waals surface area contributed by atoms with Crippen molar-refractivity contribution in [3.8, 4) is 0 Å². The third kappa shape index (κ3) is 3.02. The largest absolute Gasteiger partial charge is 0.366 e. The Kier molecular flexibility index (Phi) is 3.82. The van der Waals surface area contributed by atoms with Crippen LogP contribution in [0.2, 0.25) is 0 Å². The smallest absolute Gasteiger partial charge is 0.130 e. The Labute approximate surface area is 125 Å². The van der Waals surface area contributed by atoms with Crippen LogP contribution in [0.5, 0.6) is 0 Å². The lowest BCUT2D eigenvalue weighted by atomic mass is 10.0. The van der Waals surface area contributed by atoms with Crippen LogP contribution in [0.1, 0.15) is 24.0 Å². The van der Waals surface area contributed by atoms with E-state index in [4.69, 9.17) is 0 Å². The molecule has 0 aliphatic heterocycles. The lowest BCUT2D eigenvalue weighted by Crippen LogP contribution is -2.05. The molecule has 0 saturated carbocycles. The molecule has 3 nitrogen and oxygen atoms in total. The van der Waals surface area contributed by atoms with E-state index in [1.807, 2.05) is 13.0 Å². The highest BCUT2D eigenvalue weighted by molar-refractivity contribution is 5.85. The van der Waals surface area contributed by atoms with Gasteiger partial charge in [-0.25, -0.2) is 9.97 Å². The van der Waals surface area contributed by atoms with Crippen LogP contribution in [0.4, 0.5) is 5.82 Å². The zero-order valence-corrected chi connectivity index (χ0v) is 12.4. The molecule has 0 unspecified atom stereocenters. The van der Waals surface area contributed by atoms with Gasteiger partial charge in [-0.2, -0.15) is 0 Å². The molecule has 0 aliphatic rings. The van der Waals surface area contributed by atoms with Crippen LogP contribution < -0.4 is 5.32 Å². The minimum atomic E-state index is 0.765. The van der Waals surface area contributed by atoms with Crippen LogP contribution >= 0.6 is 0 Å². The second-order valence-corrected chi connectivity index (χ2v) is 5.14. The van der Waals surface area contributed by atoms with Gasteiger partial charge in [0.25, 0.3) is 0 Å². The van der Waals surface area contributed by atoms with Crippen molar-refractivity contribution in [1.29, 1.82) is 0 Å². The van der Waals surface area contributed by atoms with Gasteiger partial charge in [-0.05, 0) is 29.7 Å². The van der Waals surface area contributed by atoms with E-state index >= 15 is 0 Å². The van der Waals surface area contributed by atoms with Gasteiger partial charge in [0.05, 0.1) is 0 Å². The molecule has 1 heterocycles. The van der Waals surface area contributed by atoms with E-state index in [-0.39, 0.29) is 0 Å². The molecular weight excluding hydrogens is 258 g/mol. The second kappa shape index (κ2) is 5.92. The summed E-state index contributed by atoms with van der Waals surface area (Å²) in [5.41, 5.74) is 2.35. The Morgan fingerprint density at radius 1 is 1.00 bits per heavy atom. The first kappa shape index (κ1) is 13.6. The lowest BCUT2D eigenvalue weighted by molar-refractivity contribution is 0.942. The molecule has 0 spiro atoms. The molecule has 0 atom stereocenters. The third-order valence-electron chi connectivity index (χ3n) is 3.59. The van der Waals surface area contributed by atoms with E-state index in [2.05, 4.69) is 64.7 Å². The Morgan fingerprint density at radius 3 is 2.67 bits per heavy atom. The summed E-state index contributed by atoms with van der Waals surface area (Å²) >= 11 is 0. The molecule has 0 bridgehead atoms. The highest BCUT2D eigenvalue weighted by atomic mass is 15.0. The lowest BCUT2D eigenvalue weighted by Gasteiger charge is -2.10. The Morgan fingerprint density at radius 2 is 1.81 bits per heavy atom. The molecule has 3 heteroatoms. The topological polar surface area (TPSA) is 37.8 Å². The number of aromatic nitrogens is 2. The van der Waals surface area contributed by atoms with E-state index in [1.165, 1.54) is 16.3 Å². The Hall–Kier alpha value is -2.42. The third-order valence-corrected chi connectivity index (χ3v) is 3.59. The first-order chi connectivity index (χ1) is 10.3.